The van der Waals surface area contributed by atoms with Crippen LogP contribution in [0.15, 0.2) is 57.7 Å². The molecule has 8 heteroatoms. The molecule has 1 atom stereocenters. The van der Waals surface area contributed by atoms with Crippen molar-refractivity contribution in [2.75, 3.05) is 46.4 Å². The Morgan fingerprint density at radius 1 is 1.11 bits per heavy atom. The summed E-state index contributed by atoms with van der Waals surface area (Å²) in [5.74, 6) is -0.249. The summed E-state index contributed by atoms with van der Waals surface area (Å²) in [6.45, 7) is 8.18. The molecule has 2 heterocycles. The van der Waals surface area contributed by atoms with Gasteiger partial charge in [0.15, 0.2) is 0 Å². The highest BCUT2D eigenvalue weighted by Crippen LogP contribution is 2.20. The van der Waals surface area contributed by atoms with Gasteiger partial charge < -0.3 is 19.0 Å². The van der Waals surface area contributed by atoms with Crippen LogP contribution < -0.4 is 15.8 Å². The molecule has 3 aromatic rings. The second kappa shape index (κ2) is 12.9. The van der Waals surface area contributed by atoms with Gasteiger partial charge in [-0.1, -0.05) is 23.8 Å². The molecule has 4 rings (SSSR count). The van der Waals surface area contributed by atoms with Gasteiger partial charge in [-0.2, -0.15) is 0 Å². The number of fused-ring (bicyclic) bond motifs is 1. The van der Waals surface area contributed by atoms with E-state index in [9.17, 15) is 14.8 Å². The highest BCUT2D eigenvalue weighted by molar-refractivity contribution is 5.79. The third-order valence-electron chi connectivity index (χ3n) is 7.10. The van der Waals surface area contributed by atoms with Gasteiger partial charge in [-0.05, 0) is 75.5 Å². The van der Waals surface area contributed by atoms with Crippen molar-refractivity contribution in [3.63, 3.8) is 0 Å². The molecule has 1 aliphatic heterocycles. The van der Waals surface area contributed by atoms with Crippen LogP contribution in [-0.4, -0.2) is 67.3 Å². The lowest BCUT2D eigenvalue weighted by molar-refractivity contribution is -0.133. The van der Waals surface area contributed by atoms with E-state index in [1.54, 1.807) is 17.6 Å². The number of benzene rings is 2. The first kappa shape index (κ1) is 26.9. The predicted molar refractivity (Wildman–Crippen MR) is 143 cm³/mol. The van der Waals surface area contributed by atoms with Gasteiger partial charge in [-0.25, -0.2) is 10.3 Å². The van der Waals surface area contributed by atoms with E-state index >= 15 is 0 Å². The number of amides is 1. The molecule has 0 spiro atoms. The van der Waals surface area contributed by atoms with E-state index in [2.05, 4.69) is 16.8 Å². The van der Waals surface area contributed by atoms with E-state index in [-0.39, 0.29) is 6.42 Å². The Morgan fingerprint density at radius 2 is 1.86 bits per heavy atom. The number of nitrogens with zero attached hydrogens (tertiary/aromatic N) is 2. The van der Waals surface area contributed by atoms with Crippen molar-refractivity contribution >= 4 is 16.9 Å². The molecular formula is C29H37N3O5. The predicted octanol–water partition coefficient (Wildman–Crippen LogP) is 3.41. The molecule has 1 aliphatic rings. The van der Waals surface area contributed by atoms with Crippen LogP contribution >= 0.6 is 0 Å². The minimum Gasteiger partial charge on any atom is -0.494 e. The third kappa shape index (κ3) is 7.64. The van der Waals surface area contributed by atoms with Gasteiger partial charge in [0, 0.05) is 49.6 Å². The fourth-order valence-corrected chi connectivity index (χ4v) is 4.75. The molecule has 0 saturated carbocycles. The number of hydroxylamine groups is 1. The van der Waals surface area contributed by atoms with Crippen LogP contribution in [0.2, 0.25) is 0 Å². The largest absolute Gasteiger partial charge is 0.494 e. The maximum absolute atomic E-state index is 12.5. The number of hydrogen-bond donors (Lipinski definition) is 2. The quantitative estimate of drug-likeness (QED) is 0.178. The summed E-state index contributed by atoms with van der Waals surface area (Å²) in [5, 5.41) is 10.1. The average molecular weight is 508 g/mol. The number of carbonyl (C=O) groups is 1. The van der Waals surface area contributed by atoms with Gasteiger partial charge in [0.1, 0.15) is 11.3 Å². The summed E-state index contributed by atoms with van der Waals surface area (Å²) in [4.78, 5) is 29.7. The molecule has 1 fully saturated rings. The third-order valence-corrected chi connectivity index (χ3v) is 7.10. The van der Waals surface area contributed by atoms with Crippen molar-refractivity contribution < 1.29 is 19.2 Å². The van der Waals surface area contributed by atoms with Crippen LogP contribution in [0.4, 0.5) is 0 Å². The van der Waals surface area contributed by atoms with Gasteiger partial charge in [-0.15, -0.1) is 0 Å². The lowest BCUT2D eigenvalue weighted by atomic mass is 9.92. The Kier molecular flexibility index (Phi) is 9.33. The summed E-state index contributed by atoms with van der Waals surface area (Å²) in [6.07, 6.45) is 2.28. The molecule has 1 amide bonds. The maximum atomic E-state index is 12.5. The van der Waals surface area contributed by atoms with Crippen molar-refractivity contribution in [1.29, 1.82) is 0 Å². The van der Waals surface area contributed by atoms with Crippen LogP contribution in [0.3, 0.4) is 0 Å². The van der Waals surface area contributed by atoms with E-state index < -0.39 is 17.5 Å². The summed E-state index contributed by atoms with van der Waals surface area (Å²) in [7, 11) is 2.16. The number of carbonyl (C=O) groups excluding carboxylic acids is 1. The van der Waals surface area contributed by atoms with Gasteiger partial charge in [-0.3, -0.25) is 10.0 Å². The molecule has 37 heavy (non-hydrogen) atoms. The van der Waals surface area contributed by atoms with Crippen LogP contribution in [0.5, 0.6) is 5.75 Å². The van der Waals surface area contributed by atoms with Crippen LogP contribution in [0.1, 0.15) is 29.5 Å². The zero-order chi connectivity index (χ0) is 26.2. The number of hydrogen-bond acceptors (Lipinski definition) is 7. The Balaban J connectivity index is 1.29. The highest BCUT2D eigenvalue weighted by Gasteiger charge is 2.21. The van der Waals surface area contributed by atoms with Crippen LogP contribution in [-0.2, 0) is 17.6 Å². The van der Waals surface area contributed by atoms with Crippen LogP contribution in [0.25, 0.3) is 11.0 Å². The molecule has 1 unspecified atom stereocenters. The molecule has 1 aromatic heterocycles. The monoisotopic (exact) mass is 507 g/mol. The fourth-order valence-electron chi connectivity index (χ4n) is 4.75. The number of piperazine rings is 1. The number of likely N-dealkylation sites (N-methyl/N-ethyl adjacent to an activating group) is 1. The van der Waals surface area contributed by atoms with Gasteiger partial charge in [0.2, 0.25) is 5.91 Å². The molecule has 8 nitrogen and oxygen atoms in total. The minimum atomic E-state index is -0.569. The van der Waals surface area contributed by atoms with E-state index in [4.69, 9.17) is 9.15 Å². The van der Waals surface area contributed by atoms with Crippen LogP contribution in [0, 0.1) is 12.8 Å². The smallest absolute Gasteiger partial charge is 0.339 e. The second-order valence-electron chi connectivity index (χ2n) is 10.0. The van der Waals surface area contributed by atoms with Gasteiger partial charge >= 0.3 is 5.63 Å². The molecule has 2 N–H and O–H groups in total. The molecular weight excluding hydrogens is 470 g/mol. The number of rotatable bonds is 11. The summed E-state index contributed by atoms with van der Waals surface area (Å²) >= 11 is 0. The Hall–Kier alpha value is -3.20. The average Bonchev–Trinajstić information content (AvgIpc) is 2.90. The first-order valence-electron chi connectivity index (χ1n) is 13.0. The SMILES string of the molecule is Cc1ccc2oc(=O)c(CC(CCc3ccc(OCCCN4CCN(C)CC4)cc3)C(=O)NO)cc2c1. The molecule has 1 saturated heterocycles. The lowest BCUT2D eigenvalue weighted by Crippen LogP contribution is -2.44. The van der Waals surface area contributed by atoms with Gasteiger partial charge in [0.25, 0.3) is 0 Å². The Morgan fingerprint density at radius 3 is 2.59 bits per heavy atom. The zero-order valence-electron chi connectivity index (χ0n) is 21.7. The van der Waals surface area contributed by atoms with Crippen molar-refractivity contribution in [2.24, 2.45) is 5.92 Å². The first-order chi connectivity index (χ1) is 17.9. The second-order valence-corrected chi connectivity index (χ2v) is 10.0. The molecule has 0 radical (unpaired) electrons. The van der Waals surface area contributed by atoms with Crippen molar-refractivity contribution in [2.45, 2.75) is 32.6 Å². The maximum Gasteiger partial charge on any atom is 0.339 e. The fraction of sp³-hybridized carbons (Fsp3) is 0.448. The van der Waals surface area contributed by atoms with E-state index in [1.165, 1.54) is 0 Å². The summed E-state index contributed by atoms with van der Waals surface area (Å²) in [6, 6.07) is 15.3. The zero-order valence-corrected chi connectivity index (χ0v) is 21.7. The van der Waals surface area contributed by atoms with E-state index in [1.807, 2.05) is 43.3 Å². The molecule has 2 aromatic carbocycles. The normalized spacial score (nSPS) is 15.5. The van der Waals surface area contributed by atoms with E-state index in [0.29, 0.717) is 30.6 Å². The number of ether oxygens (including phenoxy) is 1. The highest BCUT2D eigenvalue weighted by atomic mass is 16.5. The van der Waals surface area contributed by atoms with E-state index in [0.717, 1.165) is 61.4 Å². The summed E-state index contributed by atoms with van der Waals surface area (Å²) in [5.41, 5.74) is 4.35. The first-order valence-corrected chi connectivity index (χ1v) is 13.0. The summed E-state index contributed by atoms with van der Waals surface area (Å²) < 4.78 is 11.4. The number of nitrogens with one attached hydrogen (secondary N) is 1. The standard InChI is InChI=1S/C29H37N3O5/c1-21-4-11-27-24(18-21)20-25(29(34)37-27)19-23(28(33)30-35)8-5-22-6-9-26(10-7-22)36-17-3-12-32-15-13-31(2)14-16-32/h4,6-7,9-11,18,20,23,35H,3,5,8,12-17,19H2,1-2H3,(H,30,33). The molecule has 0 bridgehead atoms. The van der Waals surface area contributed by atoms with Gasteiger partial charge in [0.05, 0.1) is 6.61 Å². The minimum absolute atomic E-state index is 0.188. The lowest BCUT2D eigenvalue weighted by Gasteiger charge is -2.32. The Bertz CT molecular complexity index is 1230. The van der Waals surface area contributed by atoms with Crippen molar-refractivity contribution in [3.8, 4) is 5.75 Å². The Labute approximate surface area is 217 Å². The van der Waals surface area contributed by atoms with Crippen molar-refractivity contribution in [1.82, 2.24) is 15.3 Å². The number of aryl methyl sites for hydroxylation is 2. The molecule has 198 valence electrons. The molecule has 0 aliphatic carbocycles. The topological polar surface area (TPSA) is 95.2 Å². The van der Waals surface area contributed by atoms with Crippen molar-refractivity contribution in [3.05, 3.63) is 75.6 Å².